The second-order valence-corrected chi connectivity index (χ2v) is 6.50. The highest BCUT2D eigenvalue weighted by molar-refractivity contribution is 5.78. The number of aryl methyl sites for hydroxylation is 2. The monoisotopic (exact) mass is 375 g/mol. The molecule has 3 heterocycles. The molecule has 0 atom stereocenters. The van der Waals surface area contributed by atoms with Crippen LogP contribution in [-0.4, -0.2) is 33.7 Å². The van der Waals surface area contributed by atoms with Gasteiger partial charge in [0, 0.05) is 35.7 Å². The summed E-state index contributed by atoms with van der Waals surface area (Å²) in [5, 5.41) is 4.22. The summed E-state index contributed by atoms with van der Waals surface area (Å²) in [4.78, 5) is 13.6. The van der Waals surface area contributed by atoms with Gasteiger partial charge in [0.2, 0.25) is 5.95 Å². The first kappa shape index (κ1) is 17.8. The fourth-order valence-electron chi connectivity index (χ4n) is 3.00. The highest BCUT2D eigenvalue weighted by Crippen LogP contribution is 2.34. The molecule has 1 N–H and O–H groups in total. The smallest absolute Gasteiger partial charge is 0.229 e. The van der Waals surface area contributed by atoms with Crippen molar-refractivity contribution in [3.63, 3.8) is 0 Å². The lowest BCUT2D eigenvalue weighted by Gasteiger charge is -2.13. The van der Waals surface area contributed by atoms with Crippen LogP contribution >= 0.6 is 0 Å². The van der Waals surface area contributed by atoms with E-state index in [1.165, 1.54) is 0 Å². The van der Waals surface area contributed by atoms with E-state index in [9.17, 15) is 0 Å². The summed E-state index contributed by atoms with van der Waals surface area (Å²) in [6.45, 7) is 4.00. The van der Waals surface area contributed by atoms with Crippen molar-refractivity contribution < 1.29 is 9.47 Å². The number of hydrogen-bond acceptors (Lipinski definition) is 6. The predicted octanol–water partition coefficient (Wildman–Crippen LogP) is 4.19. The number of benzene rings is 1. The zero-order valence-electron chi connectivity index (χ0n) is 16.2. The average molecular weight is 375 g/mol. The van der Waals surface area contributed by atoms with Gasteiger partial charge in [0.05, 0.1) is 14.2 Å². The molecule has 28 heavy (non-hydrogen) atoms. The third kappa shape index (κ3) is 3.22. The molecule has 7 heteroatoms. The van der Waals surface area contributed by atoms with Crippen molar-refractivity contribution in [2.75, 3.05) is 19.5 Å². The van der Waals surface area contributed by atoms with Gasteiger partial charge < -0.3 is 14.8 Å². The largest absolute Gasteiger partial charge is 0.493 e. The van der Waals surface area contributed by atoms with Gasteiger partial charge in [-0.2, -0.15) is 4.98 Å². The number of nitrogens with one attached hydrogen (secondary N) is 1. The number of methoxy groups -OCH3 is 2. The number of fused-ring (bicyclic) bond motifs is 1. The molecule has 0 bridgehead atoms. The number of hydrogen-bond donors (Lipinski definition) is 1. The number of aromatic nitrogens is 4. The Hall–Kier alpha value is -3.61. The molecule has 1 aromatic carbocycles. The second-order valence-electron chi connectivity index (χ2n) is 6.50. The standard InChI is InChI=1S/C21H21N5O2/c1-13-5-6-19(22-11-13)26-8-7-15-12-23-21(25-20(15)26)24-16-10-18(28-4)17(27-3)9-14(16)2/h5-12H,1-4H3,(H,23,24,25). The number of pyridine rings is 1. The molecule has 4 aromatic rings. The van der Waals surface area contributed by atoms with Crippen molar-refractivity contribution in [3.8, 4) is 17.3 Å². The van der Waals surface area contributed by atoms with Crippen molar-refractivity contribution in [2.24, 2.45) is 0 Å². The molecule has 142 valence electrons. The molecular formula is C21H21N5O2. The van der Waals surface area contributed by atoms with Gasteiger partial charge in [0.25, 0.3) is 0 Å². The van der Waals surface area contributed by atoms with Crippen molar-refractivity contribution in [2.45, 2.75) is 13.8 Å². The number of ether oxygens (including phenoxy) is 2. The Morgan fingerprint density at radius 1 is 0.929 bits per heavy atom. The Kier molecular flexibility index (Phi) is 4.57. The molecule has 0 amide bonds. The van der Waals surface area contributed by atoms with Crippen LogP contribution in [0.3, 0.4) is 0 Å². The van der Waals surface area contributed by atoms with Crippen LogP contribution in [0.5, 0.6) is 11.5 Å². The predicted molar refractivity (Wildman–Crippen MR) is 109 cm³/mol. The van der Waals surface area contributed by atoms with Crippen LogP contribution in [0.15, 0.2) is 48.9 Å². The molecular weight excluding hydrogens is 354 g/mol. The summed E-state index contributed by atoms with van der Waals surface area (Å²) in [7, 11) is 3.23. The van der Waals surface area contributed by atoms with Crippen LogP contribution in [0.1, 0.15) is 11.1 Å². The maximum Gasteiger partial charge on any atom is 0.229 e. The molecule has 0 spiro atoms. The maximum absolute atomic E-state index is 5.40. The normalized spacial score (nSPS) is 10.9. The molecule has 0 unspecified atom stereocenters. The van der Waals surface area contributed by atoms with Crippen molar-refractivity contribution >= 4 is 22.7 Å². The maximum atomic E-state index is 5.40. The lowest BCUT2D eigenvalue weighted by atomic mass is 10.1. The zero-order chi connectivity index (χ0) is 19.7. The van der Waals surface area contributed by atoms with E-state index in [0.717, 1.165) is 33.7 Å². The fraction of sp³-hybridized carbons (Fsp3) is 0.190. The molecule has 3 aromatic heterocycles. The number of anilines is 2. The highest BCUT2D eigenvalue weighted by Gasteiger charge is 2.12. The van der Waals surface area contributed by atoms with Crippen molar-refractivity contribution in [3.05, 3.63) is 60.0 Å². The minimum Gasteiger partial charge on any atom is -0.493 e. The molecule has 0 aliphatic carbocycles. The van der Waals surface area contributed by atoms with E-state index in [0.29, 0.717) is 17.4 Å². The molecule has 7 nitrogen and oxygen atoms in total. The van der Waals surface area contributed by atoms with E-state index in [2.05, 4.69) is 15.3 Å². The summed E-state index contributed by atoms with van der Waals surface area (Å²) < 4.78 is 12.7. The first-order valence-corrected chi connectivity index (χ1v) is 8.86. The fourth-order valence-corrected chi connectivity index (χ4v) is 3.00. The van der Waals surface area contributed by atoms with E-state index in [1.807, 2.05) is 61.1 Å². The lowest BCUT2D eigenvalue weighted by Crippen LogP contribution is -2.02. The Morgan fingerprint density at radius 3 is 2.43 bits per heavy atom. The van der Waals surface area contributed by atoms with Crippen LogP contribution in [0.2, 0.25) is 0 Å². The van der Waals surface area contributed by atoms with Crippen LogP contribution in [0.25, 0.3) is 16.9 Å². The Labute approximate surface area is 163 Å². The van der Waals surface area contributed by atoms with Gasteiger partial charge >= 0.3 is 0 Å². The van der Waals surface area contributed by atoms with Gasteiger partial charge in [0.15, 0.2) is 17.1 Å². The summed E-state index contributed by atoms with van der Waals surface area (Å²) >= 11 is 0. The van der Waals surface area contributed by atoms with Gasteiger partial charge in [-0.25, -0.2) is 9.97 Å². The van der Waals surface area contributed by atoms with E-state index in [4.69, 9.17) is 14.5 Å². The lowest BCUT2D eigenvalue weighted by molar-refractivity contribution is 0.355. The molecule has 0 aliphatic heterocycles. The first-order chi connectivity index (χ1) is 13.6. The Morgan fingerprint density at radius 2 is 1.71 bits per heavy atom. The second kappa shape index (κ2) is 7.19. The van der Waals surface area contributed by atoms with Gasteiger partial charge in [-0.3, -0.25) is 4.57 Å². The van der Waals surface area contributed by atoms with E-state index in [1.54, 1.807) is 20.4 Å². The molecule has 0 saturated heterocycles. The molecule has 0 radical (unpaired) electrons. The van der Waals surface area contributed by atoms with Crippen LogP contribution in [-0.2, 0) is 0 Å². The average Bonchev–Trinajstić information content (AvgIpc) is 3.13. The zero-order valence-corrected chi connectivity index (χ0v) is 16.2. The van der Waals surface area contributed by atoms with Gasteiger partial charge in [-0.1, -0.05) is 6.07 Å². The van der Waals surface area contributed by atoms with Crippen molar-refractivity contribution in [1.82, 2.24) is 19.5 Å². The SMILES string of the molecule is COc1cc(C)c(Nc2ncc3ccn(-c4ccc(C)cn4)c3n2)cc1OC. The minimum absolute atomic E-state index is 0.495. The van der Waals surface area contributed by atoms with Crippen molar-refractivity contribution in [1.29, 1.82) is 0 Å². The van der Waals surface area contributed by atoms with Gasteiger partial charge in [0.1, 0.15) is 5.82 Å². The Balaban J connectivity index is 1.72. The first-order valence-electron chi connectivity index (χ1n) is 8.86. The number of nitrogens with zero attached hydrogens (tertiary/aromatic N) is 4. The van der Waals surface area contributed by atoms with Crippen LogP contribution in [0.4, 0.5) is 11.6 Å². The summed E-state index contributed by atoms with van der Waals surface area (Å²) in [6, 6.07) is 9.77. The van der Waals surface area contributed by atoms with E-state index in [-0.39, 0.29) is 0 Å². The molecule has 0 fully saturated rings. The topological polar surface area (TPSA) is 74.1 Å². The molecule has 0 saturated carbocycles. The van der Waals surface area contributed by atoms with Crippen LogP contribution in [0, 0.1) is 13.8 Å². The van der Waals surface area contributed by atoms with Gasteiger partial charge in [-0.05, 0) is 43.2 Å². The number of rotatable bonds is 5. The third-order valence-electron chi connectivity index (χ3n) is 4.55. The highest BCUT2D eigenvalue weighted by atomic mass is 16.5. The van der Waals surface area contributed by atoms with Crippen LogP contribution < -0.4 is 14.8 Å². The molecule has 0 aliphatic rings. The summed E-state index contributed by atoms with van der Waals surface area (Å²) in [5.74, 6) is 2.63. The Bertz CT molecular complexity index is 1140. The quantitative estimate of drug-likeness (QED) is 0.564. The summed E-state index contributed by atoms with van der Waals surface area (Å²) in [6.07, 6.45) is 5.59. The van der Waals surface area contributed by atoms with Gasteiger partial charge in [-0.15, -0.1) is 0 Å². The minimum atomic E-state index is 0.495. The summed E-state index contributed by atoms with van der Waals surface area (Å²) in [5.41, 5.74) is 3.74. The van der Waals surface area contributed by atoms with E-state index >= 15 is 0 Å². The van der Waals surface area contributed by atoms with E-state index < -0.39 is 0 Å². The molecule has 4 rings (SSSR count). The third-order valence-corrected chi connectivity index (χ3v) is 4.55.